The molecule has 0 aromatic heterocycles. The van der Waals surface area contributed by atoms with Crippen LogP contribution in [0.4, 0.5) is 0 Å². The van der Waals surface area contributed by atoms with Crippen LogP contribution in [0.2, 0.25) is 0 Å². The summed E-state index contributed by atoms with van der Waals surface area (Å²) >= 11 is 0. The maximum Gasteiger partial charge on any atom is 0.0234 e. The van der Waals surface area contributed by atoms with E-state index in [1.54, 1.807) is 0 Å². The van der Waals surface area contributed by atoms with Crippen LogP contribution >= 0.6 is 0 Å². The Morgan fingerprint density at radius 2 is 1.71 bits per heavy atom. The number of hydrogen-bond donors (Lipinski definition) is 1. The molecule has 24 heavy (non-hydrogen) atoms. The van der Waals surface area contributed by atoms with E-state index in [4.69, 9.17) is 0 Å². The molecule has 3 aliphatic heterocycles. The van der Waals surface area contributed by atoms with Gasteiger partial charge in [-0.1, -0.05) is 30.3 Å². The summed E-state index contributed by atoms with van der Waals surface area (Å²) in [7, 11) is 0. The monoisotopic (exact) mass is 327 g/mol. The first-order chi connectivity index (χ1) is 11.8. The Morgan fingerprint density at radius 1 is 0.958 bits per heavy atom. The van der Waals surface area contributed by atoms with Crippen LogP contribution in [0.25, 0.3) is 0 Å². The first-order valence-electron chi connectivity index (χ1n) is 10.0. The Balaban J connectivity index is 1.30. The van der Waals surface area contributed by atoms with Crippen molar-refractivity contribution >= 4 is 0 Å². The molecule has 0 saturated carbocycles. The van der Waals surface area contributed by atoms with E-state index >= 15 is 0 Å². The van der Waals surface area contributed by atoms with Gasteiger partial charge in [-0.05, 0) is 82.2 Å². The summed E-state index contributed by atoms with van der Waals surface area (Å²) in [5.74, 6) is 0. The molecule has 4 rings (SSSR count). The third-order valence-corrected chi connectivity index (χ3v) is 6.77. The molecule has 3 heteroatoms. The molecule has 3 aliphatic rings. The summed E-state index contributed by atoms with van der Waals surface area (Å²) in [6, 6.07) is 11.8. The second kappa shape index (κ2) is 7.55. The normalized spacial score (nSPS) is 28.9. The molecule has 1 aromatic rings. The van der Waals surface area contributed by atoms with Crippen LogP contribution in [-0.4, -0.2) is 55.1 Å². The molecule has 0 radical (unpaired) electrons. The summed E-state index contributed by atoms with van der Waals surface area (Å²) in [6.45, 7) is 8.83. The zero-order chi connectivity index (χ0) is 16.2. The van der Waals surface area contributed by atoms with Gasteiger partial charge in [-0.2, -0.15) is 0 Å². The molecular weight excluding hydrogens is 294 g/mol. The average molecular weight is 328 g/mol. The number of piperidine rings is 3. The molecule has 0 amide bonds. The zero-order valence-electron chi connectivity index (χ0n) is 15.1. The Morgan fingerprint density at radius 3 is 2.46 bits per heavy atom. The largest absolute Gasteiger partial charge is 0.317 e. The van der Waals surface area contributed by atoms with Crippen LogP contribution in [0, 0.1) is 5.41 Å². The van der Waals surface area contributed by atoms with Crippen molar-refractivity contribution in [3.05, 3.63) is 35.9 Å². The van der Waals surface area contributed by atoms with Crippen LogP contribution in [-0.2, 0) is 6.54 Å². The van der Waals surface area contributed by atoms with Crippen molar-refractivity contribution in [2.24, 2.45) is 5.41 Å². The standard InChI is InChI=1S/C21H33N3/c1-2-5-19(6-3-1)17-23-14-4-7-20(18-23)24-15-10-21(11-16-24)8-12-22-13-9-21/h1-3,5-6,20,22H,4,7-18H2. The smallest absolute Gasteiger partial charge is 0.0234 e. The van der Waals surface area contributed by atoms with E-state index in [-0.39, 0.29) is 0 Å². The summed E-state index contributed by atoms with van der Waals surface area (Å²) < 4.78 is 0. The van der Waals surface area contributed by atoms with Gasteiger partial charge in [0.2, 0.25) is 0 Å². The number of nitrogens with zero attached hydrogens (tertiary/aromatic N) is 2. The molecule has 3 fully saturated rings. The number of rotatable bonds is 3. The van der Waals surface area contributed by atoms with Gasteiger partial charge in [0.15, 0.2) is 0 Å². The van der Waals surface area contributed by atoms with E-state index in [2.05, 4.69) is 45.4 Å². The molecule has 1 N–H and O–H groups in total. The highest BCUT2D eigenvalue weighted by atomic mass is 15.2. The van der Waals surface area contributed by atoms with E-state index in [1.165, 1.54) is 83.4 Å². The molecule has 1 atom stereocenters. The molecule has 1 aromatic carbocycles. The zero-order valence-corrected chi connectivity index (χ0v) is 15.1. The lowest BCUT2D eigenvalue weighted by molar-refractivity contribution is 0.0223. The van der Waals surface area contributed by atoms with E-state index in [0.29, 0.717) is 5.41 Å². The molecule has 3 heterocycles. The summed E-state index contributed by atoms with van der Waals surface area (Å²) in [5, 5.41) is 3.54. The van der Waals surface area contributed by atoms with Gasteiger partial charge in [-0.15, -0.1) is 0 Å². The lowest BCUT2D eigenvalue weighted by atomic mass is 9.71. The molecule has 1 unspecified atom stereocenters. The van der Waals surface area contributed by atoms with Crippen molar-refractivity contribution in [1.82, 2.24) is 15.1 Å². The predicted molar refractivity (Wildman–Crippen MR) is 100 cm³/mol. The third-order valence-electron chi connectivity index (χ3n) is 6.77. The van der Waals surface area contributed by atoms with Gasteiger partial charge in [-0.25, -0.2) is 0 Å². The highest BCUT2D eigenvalue weighted by Crippen LogP contribution is 2.40. The molecular formula is C21H33N3. The summed E-state index contributed by atoms with van der Waals surface area (Å²) in [6.07, 6.45) is 8.45. The lowest BCUT2D eigenvalue weighted by Crippen LogP contribution is -2.53. The average Bonchev–Trinajstić information content (AvgIpc) is 2.64. The molecule has 1 spiro atoms. The maximum atomic E-state index is 3.54. The molecule has 3 nitrogen and oxygen atoms in total. The number of benzene rings is 1. The van der Waals surface area contributed by atoms with Crippen LogP contribution in [0.15, 0.2) is 30.3 Å². The van der Waals surface area contributed by atoms with Crippen molar-refractivity contribution in [3.8, 4) is 0 Å². The van der Waals surface area contributed by atoms with Gasteiger partial charge in [0.25, 0.3) is 0 Å². The van der Waals surface area contributed by atoms with E-state index in [9.17, 15) is 0 Å². The molecule has 0 bridgehead atoms. The second-order valence-corrected chi connectivity index (χ2v) is 8.30. The Bertz CT molecular complexity index is 499. The fourth-order valence-electron chi connectivity index (χ4n) is 5.14. The highest BCUT2D eigenvalue weighted by molar-refractivity contribution is 5.14. The van der Waals surface area contributed by atoms with Gasteiger partial charge in [0, 0.05) is 19.1 Å². The SMILES string of the molecule is c1ccc(CN2CCCC(N3CCC4(CCNCC4)CC3)C2)cc1. The Hall–Kier alpha value is -0.900. The first kappa shape index (κ1) is 16.6. The number of hydrogen-bond acceptors (Lipinski definition) is 3. The van der Waals surface area contributed by atoms with Crippen molar-refractivity contribution in [1.29, 1.82) is 0 Å². The van der Waals surface area contributed by atoms with Crippen LogP contribution in [0.1, 0.15) is 44.1 Å². The molecule has 0 aliphatic carbocycles. The fourth-order valence-corrected chi connectivity index (χ4v) is 5.14. The van der Waals surface area contributed by atoms with Gasteiger partial charge >= 0.3 is 0 Å². The second-order valence-electron chi connectivity index (χ2n) is 8.30. The molecule has 132 valence electrons. The first-order valence-corrected chi connectivity index (χ1v) is 10.0. The lowest BCUT2D eigenvalue weighted by Gasteiger charge is -2.48. The highest BCUT2D eigenvalue weighted by Gasteiger charge is 2.37. The fraction of sp³-hybridized carbons (Fsp3) is 0.714. The van der Waals surface area contributed by atoms with E-state index < -0.39 is 0 Å². The van der Waals surface area contributed by atoms with Gasteiger partial charge in [-0.3, -0.25) is 9.80 Å². The van der Waals surface area contributed by atoms with Gasteiger partial charge < -0.3 is 5.32 Å². The minimum Gasteiger partial charge on any atom is -0.317 e. The Labute approximate surface area is 147 Å². The van der Waals surface area contributed by atoms with Crippen molar-refractivity contribution in [2.75, 3.05) is 39.3 Å². The van der Waals surface area contributed by atoms with Gasteiger partial charge in [0.05, 0.1) is 0 Å². The van der Waals surface area contributed by atoms with Gasteiger partial charge in [0.1, 0.15) is 0 Å². The quantitative estimate of drug-likeness (QED) is 0.920. The number of likely N-dealkylation sites (tertiary alicyclic amines) is 2. The Kier molecular flexibility index (Phi) is 5.21. The van der Waals surface area contributed by atoms with E-state index in [1.807, 2.05) is 0 Å². The number of nitrogens with one attached hydrogen (secondary N) is 1. The topological polar surface area (TPSA) is 18.5 Å². The van der Waals surface area contributed by atoms with Crippen molar-refractivity contribution < 1.29 is 0 Å². The maximum absolute atomic E-state index is 3.54. The van der Waals surface area contributed by atoms with Crippen LogP contribution in [0.3, 0.4) is 0 Å². The summed E-state index contributed by atoms with van der Waals surface area (Å²) in [5.41, 5.74) is 2.14. The van der Waals surface area contributed by atoms with Crippen LogP contribution < -0.4 is 5.32 Å². The van der Waals surface area contributed by atoms with Crippen molar-refractivity contribution in [2.45, 2.75) is 51.1 Å². The minimum absolute atomic E-state index is 0.681. The summed E-state index contributed by atoms with van der Waals surface area (Å²) in [4.78, 5) is 5.50. The third kappa shape index (κ3) is 3.84. The minimum atomic E-state index is 0.681. The predicted octanol–water partition coefficient (Wildman–Crippen LogP) is 3.12. The van der Waals surface area contributed by atoms with Crippen LogP contribution in [0.5, 0.6) is 0 Å². The molecule has 3 saturated heterocycles. The van der Waals surface area contributed by atoms with E-state index in [0.717, 1.165) is 12.6 Å². The van der Waals surface area contributed by atoms with Crippen molar-refractivity contribution in [3.63, 3.8) is 0 Å².